The zero-order valence-corrected chi connectivity index (χ0v) is 11.0. The van der Waals surface area contributed by atoms with Crippen LogP contribution < -0.4 is 5.32 Å². The molecule has 0 amide bonds. The van der Waals surface area contributed by atoms with E-state index in [1.807, 2.05) is 0 Å². The second kappa shape index (κ2) is 5.56. The monoisotopic (exact) mass is 233 g/mol. The molecular weight excluding hydrogens is 206 g/mol. The summed E-state index contributed by atoms with van der Waals surface area (Å²) in [5.41, 5.74) is 0. The first-order valence-corrected chi connectivity index (χ1v) is 7.81. The van der Waals surface area contributed by atoms with Gasteiger partial charge in [0.15, 0.2) is 0 Å². The summed E-state index contributed by atoms with van der Waals surface area (Å²) >= 11 is 0. The highest BCUT2D eigenvalue weighted by atomic mass is 14.9. The molecule has 2 fully saturated rings. The lowest BCUT2D eigenvalue weighted by Gasteiger charge is -2.18. The second-order valence-electron chi connectivity index (χ2n) is 6.54. The van der Waals surface area contributed by atoms with Crippen molar-refractivity contribution in [1.82, 2.24) is 5.32 Å². The maximum atomic E-state index is 3.70. The van der Waals surface area contributed by atoms with Crippen LogP contribution in [-0.2, 0) is 0 Å². The Balaban J connectivity index is 1.25. The summed E-state index contributed by atoms with van der Waals surface area (Å²) in [4.78, 5) is 0. The smallest absolute Gasteiger partial charge is 0.00147 e. The fraction of sp³-hybridized carbons (Fsp3) is 0.875. The lowest BCUT2D eigenvalue weighted by atomic mass is 9.93. The minimum Gasteiger partial charge on any atom is -0.316 e. The zero-order chi connectivity index (χ0) is 11.5. The summed E-state index contributed by atoms with van der Waals surface area (Å²) in [5.74, 6) is 3.88. The number of rotatable bonds is 6. The molecule has 0 radical (unpaired) electrons. The molecule has 1 N–H and O–H groups in total. The lowest BCUT2D eigenvalue weighted by molar-refractivity contribution is 0.402. The SMILES string of the molecule is C1=CC2CC1CC2CNCCCC1CCCC1. The first-order chi connectivity index (χ1) is 8.42. The highest BCUT2D eigenvalue weighted by Crippen LogP contribution is 2.42. The van der Waals surface area contributed by atoms with E-state index in [0.717, 1.165) is 23.7 Å². The second-order valence-corrected chi connectivity index (χ2v) is 6.54. The van der Waals surface area contributed by atoms with Crippen LogP contribution in [0.25, 0.3) is 0 Å². The Labute approximate surface area is 106 Å². The summed E-state index contributed by atoms with van der Waals surface area (Å²) in [7, 11) is 0. The van der Waals surface area contributed by atoms with Crippen molar-refractivity contribution in [3.05, 3.63) is 12.2 Å². The molecule has 96 valence electrons. The highest BCUT2D eigenvalue weighted by Gasteiger charge is 2.34. The zero-order valence-electron chi connectivity index (χ0n) is 11.0. The third-order valence-corrected chi connectivity index (χ3v) is 5.26. The van der Waals surface area contributed by atoms with E-state index < -0.39 is 0 Å². The Kier molecular flexibility index (Phi) is 3.85. The van der Waals surface area contributed by atoms with Gasteiger partial charge in [-0.2, -0.15) is 0 Å². The van der Waals surface area contributed by atoms with Crippen molar-refractivity contribution in [2.24, 2.45) is 23.7 Å². The van der Waals surface area contributed by atoms with E-state index in [2.05, 4.69) is 17.5 Å². The quantitative estimate of drug-likeness (QED) is 0.544. The number of fused-ring (bicyclic) bond motifs is 2. The van der Waals surface area contributed by atoms with Gasteiger partial charge in [-0.05, 0) is 62.4 Å². The van der Waals surface area contributed by atoms with Gasteiger partial charge in [-0.1, -0.05) is 37.8 Å². The number of nitrogens with one attached hydrogen (secondary N) is 1. The van der Waals surface area contributed by atoms with Crippen LogP contribution in [0, 0.1) is 23.7 Å². The summed E-state index contributed by atoms with van der Waals surface area (Å²) in [6.45, 7) is 2.53. The first-order valence-electron chi connectivity index (χ1n) is 7.81. The Hall–Kier alpha value is -0.300. The Morgan fingerprint density at radius 1 is 1.06 bits per heavy atom. The summed E-state index contributed by atoms with van der Waals surface area (Å²) < 4.78 is 0. The van der Waals surface area contributed by atoms with Gasteiger partial charge < -0.3 is 5.32 Å². The van der Waals surface area contributed by atoms with Crippen LogP contribution >= 0.6 is 0 Å². The molecule has 3 aliphatic carbocycles. The van der Waals surface area contributed by atoms with Gasteiger partial charge in [-0.25, -0.2) is 0 Å². The van der Waals surface area contributed by atoms with E-state index in [0.29, 0.717) is 0 Å². The van der Waals surface area contributed by atoms with Crippen LogP contribution in [0.5, 0.6) is 0 Å². The molecule has 17 heavy (non-hydrogen) atoms. The van der Waals surface area contributed by atoms with Gasteiger partial charge in [0.1, 0.15) is 0 Å². The van der Waals surface area contributed by atoms with Gasteiger partial charge >= 0.3 is 0 Å². The summed E-state index contributed by atoms with van der Waals surface area (Å²) in [6.07, 6.45) is 16.7. The molecule has 2 bridgehead atoms. The minimum absolute atomic E-state index is 0.919. The Morgan fingerprint density at radius 2 is 1.94 bits per heavy atom. The molecular formula is C16H27N. The van der Waals surface area contributed by atoms with Crippen LogP contribution in [0.15, 0.2) is 12.2 Å². The van der Waals surface area contributed by atoms with Gasteiger partial charge in [-0.3, -0.25) is 0 Å². The van der Waals surface area contributed by atoms with Crippen LogP contribution in [0.3, 0.4) is 0 Å². The lowest BCUT2D eigenvalue weighted by Crippen LogP contribution is -2.26. The maximum absolute atomic E-state index is 3.70. The molecule has 2 saturated carbocycles. The average molecular weight is 233 g/mol. The predicted molar refractivity (Wildman–Crippen MR) is 72.9 cm³/mol. The number of hydrogen-bond acceptors (Lipinski definition) is 1. The summed E-state index contributed by atoms with van der Waals surface area (Å²) in [5, 5.41) is 3.70. The largest absolute Gasteiger partial charge is 0.316 e. The molecule has 3 atom stereocenters. The molecule has 0 aromatic rings. The summed E-state index contributed by atoms with van der Waals surface area (Å²) in [6, 6.07) is 0. The molecule has 0 heterocycles. The van der Waals surface area contributed by atoms with E-state index in [4.69, 9.17) is 0 Å². The predicted octanol–water partition coefficient (Wildman–Crippen LogP) is 3.76. The molecule has 0 aliphatic heterocycles. The molecule has 0 saturated heterocycles. The topological polar surface area (TPSA) is 12.0 Å². The minimum atomic E-state index is 0.919. The van der Waals surface area contributed by atoms with Gasteiger partial charge in [-0.15, -0.1) is 0 Å². The number of allylic oxidation sites excluding steroid dienone is 2. The third kappa shape index (κ3) is 2.93. The van der Waals surface area contributed by atoms with Crippen molar-refractivity contribution in [1.29, 1.82) is 0 Å². The standard InChI is InChI=1S/C16H27N/c1-2-5-13(4-1)6-3-9-17-12-16-11-14-7-8-15(16)10-14/h7-8,13-17H,1-6,9-12H2. The van der Waals surface area contributed by atoms with E-state index in [-0.39, 0.29) is 0 Å². The normalized spacial score (nSPS) is 36.1. The average Bonchev–Trinajstić information content (AvgIpc) is 3.05. The molecule has 3 aliphatic rings. The van der Waals surface area contributed by atoms with Crippen LogP contribution in [0.4, 0.5) is 0 Å². The molecule has 3 unspecified atom stereocenters. The Bertz CT molecular complexity index is 265. The van der Waals surface area contributed by atoms with Crippen molar-refractivity contribution in [3.63, 3.8) is 0 Å². The highest BCUT2D eigenvalue weighted by molar-refractivity contribution is 5.10. The molecule has 3 rings (SSSR count). The molecule has 1 nitrogen and oxygen atoms in total. The maximum Gasteiger partial charge on any atom is -0.00147 e. The van der Waals surface area contributed by atoms with Crippen LogP contribution in [-0.4, -0.2) is 13.1 Å². The fourth-order valence-corrected chi connectivity index (χ4v) is 4.23. The van der Waals surface area contributed by atoms with E-state index in [1.54, 1.807) is 0 Å². The van der Waals surface area contributed by atoms with Gasteiger partial charge in [0.2, 0.25) is 0 Å². The van der Waals surface area contributed by atoms with Crippen molar-refractivity contribution in [2.75, 3.05) is 13.1 Å². The van der Waals surface area contributed by atoms with Gasteiger partial charge in [0.05, 0.1) is 0 Å². The van der Waals surface area contributed by atoms with Crippen molar-refractivity contribution < 1.29 is 0 Å². The van der Waals surface area contributed by atoms with Gasteiger partial charge in [0.25, 0.3) is 0 Å². The molecule has 0 aromatic heterocycles. The Morgan fingerprint density at radius 3 is 2.65 bits per heavy atom. The van der Waals surface area contributed by atoms with Crippen molar-refractivity contribution in [2.45, 2.75) is 51.4 Å². The van der Waals surface area contributed by atoms with Crippen LogP contribution in [0.2, 0.25) is 0 Å². The van der Waals surface area contributed by atoms with Crippen molar-refractivity contribution in [3.8, 4) is 0 Å². The first kappa shape index (κ1) is 11.8. The molecule has 1 heteroatoms. The van der Waals surface area contributed by atoms with E-state index >= 15 is 0 Å². The van der Waals surface area contributed by atoms with Crippen LogP contribution in [0.1, 0.15) is 51.4 Å². The molecule has 0 spiro atoms. The number of hydrogen-bond donors (Lipinski definition) is 1. The fourth-order valence-electron chi connectivity index (χ4n) is 4.23. The van der Waals surface area contributed by atoms with E-state index in [1.165, 1.54) is 64.5 Å². The molecule has 0 aromatic carbocycles. The van der Waals surface area contributed by atoms with Crippen molar-refractivity contribution >= 4 is 0 Å². The third-order valence-electron chi connectivity index (χ3n) is 5.26. The van der Waals surface area contributed by atoms with E-state index in [9.17, 15) is 0 Å². The van der Waals surface area contributed by atoms with Gasteiger partial charge in [0, 0.05) is 0 Å².